The van der Waals surface area contributed by atoms with Crippen molar-refractivity contribution in [3.63, 3.8) is 0 Å². The molecule has 0 saturated carbocycles. The van der Waals surface area contributed by atoms with Crippen molar-refractivity contribution in [1.82, 2.24) is 25.1 Å². The minimum atomic E-state index is -0.249. The third kappa shape index (κ3) is 7.63. The van der Waals surface area contributed by atoms with Crippen LogP contribution in [0.4, 0.5) is 0 Å². The first-order chi connectivity index (χ1) is 16.7. The zero-order valence-electron chi connectivity index (χ0n) is 19.2. The summed E-state index contributed by atoms with van der Waals surface area (Å²) < 4.78 is 11.1. The van der Waals surface area contributed by atoms with Crippen molar-refractivity contribution in [2.75, 3.05) is 45.9 Å². The smallest absolute Gasteiger partial charge is 0.273 e. The highest BCUT2D eigenvalue weighted by molar-refractivity contribution is 6.30. The lowest BCUT2D eigenvalue weighted by Crippen LogP contribution is -2.41. The molecule has 1 fully saturated rings. The number of nitrogens with one attached hydrogen (secondary N) is 1. The monoisotopic (exact) mass is 483 g/mol. The Labute approximate surface area is 204 Å². The predicted molar refractivity (Wildman–Crippen MR) is 130 cm³/mol. The van der Waals surface area contributed by atoms with E-state index in [-0.39, 0.29) is 11.6 Å². The van der Waals surface area contributed by atoms with Crippen molar-refractivity contribution in [1.29, 1.82) is 0 Å². The molecular formula is C25H30ClN5O3. The Bertz CT molecular complexity index is 1040. The third-order valence-electron chi connectivity index (χ3n) is 5.67. The second kappa shape index (κ2) is 12.6. The summed E-state index contributed by atoms with van der Waals surface area (Å²) in [5.41, 5.74) is 2.33. The van der Waals surface area contributed by atoms with Crippen LogP contribution in [-0.2, 0) is 24.2 Å². The number of halogens is 1. The highest BCUT2D eigenvalue weighted by atomic mass is 35.5. The molecule has 4 rings (SSSR count). The van der Waals surface area contributed by atoms with Gasteiger partial charge in [-0.15, -0.1) is 0 Å². The van der Waals surface area contributed by atoms with Gasteiger partial charge in [0.1, 0.15) is 6.26 Å². The Morgan fingerprint density at radius 1 is 1.15 bits per heavy atom. The summed E-state index contributed by atoms with van der Waals surface area (Å²) >= 11 is 6.19. The van der Waals surface area contributed by atoms with Crippen LogP contribution in [0.25, 0.3) is 0 Å². The van der Waals surface area contributed by atoms with E-state index in [9.17, 15) is 4.79 Å². The zero-order chi connectivity index (χ0) is 23.6. The van der Waals surface area contributed by atoms with Gasteiger partial charge in [0, 0.05) is 62.6 Å². The number of carbonyl (C=O) groups is 1. The molecule has 1 aliphatic heterocycles. The molecule has 0 atom stereocenters. The first kappa shape index (κ1) is 24.3. The Balaban J connectivity index is 1.33. The van der Waals surface area contributed by atoms with Gasteiger partial charge in [-0.05, 0) is 29.8 Å². The lowest BCUT2D eigenvalue weighted by atomic mass is 10.2. The van der Waals surface area contributed by atoms with Gasteiger partial charge in [-0.2, -0.15) is 0 Å². The van der Waals surface area contributed by atoms with Crippen LogP contribution in [0.2, 0.25) is 5.02 Å². The molecule has 3 aromatic rings. The Morgan fingerprint density at radius 2 is 2.03 bits per heavy atom. The molecule has 1 N–H and O–H groups in total. The highest BCUT2D eigenvalue weighted by Gasteiger charge is 2.17. The first-order valence-corrected chi connectivity index (χ1v) is 11.9. The fourth-order valence-corrected chi connectivity index (χ4v) is 4.05. The van der Waals surface area contributed by atoms with E-state index in [4.69, 9.17) is 20.8 Å². The summed E-state index contributed by atoms with van der Waals surface area (Å²) in [6.45, 7) is 6.86. The number of benzene rings is 1. The van der Waals surface area contributed by atoms with Crippen LogP contribution in [0, 0.1) is 0 Å². The standard InChI is InChI=1S/C25H30ClN5O3/c26-21-5-3-4-20(16-21)17-31(11-10-30-12-14-33-15-13-30)18-24-29-23(19-34-24)25(32)28-9-7-22-6-1-2-8-27-22/h1-6,8,16,19H,7,9-15,17-18H2,(H,28,32). The molecule has 8 nitrogen and oxygen atoms in total. The van der Waals surface area contributed by atoms with Crippen molar-refractivity contribution in [2.24, 2.45) is 0 Å². The van der Waals surface area contributed by atoms with E-state index in [0.29, 0.717) is 37.0 Å². The minimum Gasteiger partial charge on any atom is -0.447 e. The van der Waals surface area contributed by atoms with E-state index < -0.39 is 0 Å². The number of pyridine rings is 1. The molecule has 0 aliphatic carbocycles. The molecular weight excluding hydrogens is 454 g/mol. The van der Waals surface area contributed by atoms with Crippen LogP contribution < -0.4 is 5.32 Å². The number of oxazole rings is 1. The highest BCUT2D eigenvalue weighted by Crippen LogP contribution is 2.15. The molecule has 34 heavy (non-hydrogen) atoms. The number of hydrogen-bond acceptors (Lipinski definition) is 7. The maximum atomic E-state index is 12.5. The Hall–Kier alpha value is -2.78. The summed E-state index contributed by atoms with van der Waals surface area (Å²) in [5, 5.41) is 3.59. The lowest BCUT2D eigenvalue weighted by molar-refractivity contribution is 0.0320. The average Bonchev–Trinajstić information content (AvgIpc) is 3.32. The van der Waals surface area contributed by atoms with Crippen molar-refractivity contribution >= 4 is 17.5 Å². The van der Waals surface area contributed by atoms with E-state index in [1.807, 2.05) is 36.4 Å². The van der Waals surface area contributed by atoms with Crippen LogP contribution in [0.5, 0.6) is 0 Å². The predicted octanol–water partition coefficient (Wildman–Crippen LogP) is 3.03. The van der Waals surface area contributed by atoms with E-state index in [1.54, 1.807) is 6.20 Å². The normalized spacial score (nSPS) is 14.4. The van der Waals surface area contributed by atoms with Gasteiger partial charge in [-0.3, -0.25) is 19.6 Å². The van der Waals surface area contributed by atoms with Crippen molar-refractivity contribution in [2.45, 2.75) is 19.5 Å². The zero-order valence-corrected chi connectivity index (χ0v) is 19.9. The van der Waals surface area contributed by atoms with Gasteiger partial charge in [-0.1, -0.05) is 29.8 Å². The molecule has 1 saturated heterocycles. The molecule has 9 heteroatoms. The average molecular weight is 484 g/mol. The summed E-state index contributed by atoms with van der Waals surface area (Å²) in [5.74, 6) is 0.263. The molecule has 180 valence electrons. The maximum Gasteiger partial charge on any atom is 0.273 e. The SMILES string of the molecule is O=C(NCCc1ccccn1)c1coc(CN(CCN2CCOCC2)Cc2cccc(Cl)c2)n1. The quantitative estimate of drug-likeness (QED) is 0.448. The number of ether oxygens (including phenoxy) is 1. The number of carbonyl (C=O) groups excluding carboxylic acids is 1. The summed E-state index contributed by atoms with van der Waals surface area (Å²) in [7, 11) is 0. The van der Waals surface area contributed by atoms with Crippen LogP contribution >= 0.6 is 11.6 Å². The second-order valence-corrected chi connectivity index (χ2v) is 8.68. The molecule has 1 amide bonds. The van der Waals surface area contributed by atoms with Gasteiger partial charge in [0.25, 0.3) is 5.91 Å². The molecule has 0 bridgehead atoms. The molecule has 1 aromatic carbocycles. The first-order valence-electron chi connectivity index (χ1n) is 11.5. The molecule has 0 spiro atoms. The van der Waals surface area contributed by atoms with Crippen LogP contribution in [-0.4, -0.2) is 71.6 Å². The molecule has 3 heterocycles. The van der Waals surface area contributed by atoms with E-state index in [2.05, 4.69) is 31.2 Å². The number of amides is 1. The Morgan fingerprint density at radius 3 is 2.82 bits per heavy atom. The number of morpholine rings is 1. The summed E-state index contributed by atoms with van der Waals surface area (Å²) in [6, 6.07) is 13.6. The van der Waals surface area contributed by atoms with Crippen molar-refractivity contribution in [3.05, 3.63) is 82.8 Å². The van der Waals surface area contributed by atoms with Crippen molar-refractivity contribution < 1.29 is 13.9 Å². The van der Waals surface area contributed by atoms with Gasteiger partial charge < -0.3 is 14.5 Å². The molecule has 2 aromatic heterocycles. The topological polar surface area (TPSA) is 83.7 Å². The summed E-state index contributed by atoms with van der Waals surface area (Å²) in [4.78, 5) is 25.8. The largest absolute Gasteiger partial charge is 0.447 e. The fraction of sp³-hybridized carbons (Fsp3) is 0.400. The van der Waals surface area contributed by atoms with E-state index in [1.165, 1.54) is 6.26 Å². The second-order valence-electron chi connectivity index (χ2n) is 8.25. The van der Waals surface area contributed by atoms with Crippen LogP contribution in [0.1, 0.15) is 27.6 Å². The third-order valence-corrected chi connectivity index (χ3v) is 5.90. The number of rotatable bonds is 11. The molecule has 0 unspecified atom stereocenters. The molecule has 1 aliphatic rings. The number of aromatic nitrogens is 2. The van der Waals surface area contributed by atoms with Crippen LogP contribution in [0.15, 0.2) is 59.3 Å². The summed E-state index contributed by atoms with van der Waals surface area (Å²) in [6.07, 6.45) is 3.83. The Kier molecular flexibility index (Phi) is 9.04. The number of hydrogen-bond donors (Lipinski definition) is 1. The van der Waals surface area contributed by atoms with Gasteiger partial charge >= 0.3 is 0 Å². The fourth-order valence-electron chi connectivity index (χ4n) is 3.83. The van der Waals surface area contributed by atoms with Gasteiger partial charge in [0.2, 0.25) is 5.89 Å². The minimum absolute atomic E-state index is 0.249. The molecule has 0 radical (unpaired) electrons. The van der Waals surface area contributed by atoms with Gasteiger partial charge in [0.15, 0.2) is 5.69 Å². The maximum absolute atomic E-state index is 12.5. The van der Waals surface area contributed by atoms with E-state index in [0.717, 1.165) is 50.7 Å². The van der Waals surface area contributed by atoms with Crippen molar-refractivity contribution in [3.8, 4) is 0 Å². The lowest BCUT2D eigenvalue weighted by Gasteiger charge is -2.29. The van der Waals surface area contributed by atoms with E-state index >= 15 is 0 Å². The number of nitrogens with zero attached hydrogens (tertiary/aromatic N) is 4. The van der Waals surface area contributed by atoms with Crippen LogP contribution in [0.3, 0.4) is 0 Å². The van der Waals surface area contributed by atoms with Gasteiger partial charge in [-0.25, -0.2) is 4.98 Å². The van der Waals surface area contributed by atoms with Gasteiger partial charge in [0.05, 0.1) is 19.8 Å².